The van der Waals surface area contributed by atoms with E-state index in [-0.39, 0.29) is 11.5 Å². The van der Waals surface area contributed by atoms with Crippen LogP contribution >= 0.6 is 0 Å². The molecule has 1 aliphatic carbocycles. The van der Waals surface area contributed by atoms with Crippen LogP contribution in [0.3, 0.4) is 0 Å². The number of non-ortho nitro benzene ring substituents is 1. The molecule has 0 saturated heterocycles. The lowest BCUT2D eigenvalue weighted by Gasteiger charge is -2.10. The van der Waals surface area contributed by atoms with Gasteiger partial charge in [0.15, 0.2) is 5.78 Å². The molecule has 5 nitrogen and oxygen atoms in total. The van der Waals surface area contributed by atoms with Crippen molar-refractivity contribution < 1.29 is 14.8 Å². The van der Waals surface area contributed by atoms with Crippen LogP contribution in [0.5, 0.6) is 0 Å². The molecule has 1 unspecified atom stereocenters. The predicted octanol–water partition coefficient (Wildman–Crippen LogP) is 1.92. The molecule has 1 N–H and O–H groups in total. The number of carbonyl (C=O) groups excluding carboxylic acids is 1. The first-order chi connectivity index (χ1) is 8.09. The number of benzene rings is 1. The molecule has 1 aromatic rings. The van der Waals surface area contributed by atoms with E-state index < -0.39 is 11.0 Å². The van der Waals surface area contributed by atoms with Crippen molar-refractivity contribution in [1.29, 1.82) is 0 Å². The fraction of sp³-hybridized carbons (Fsp3) is 0.250. The van der Waals surface area contributed by atoms with Crippen molar-refractivity contribution in [3.05, 3.63) is 51.6 Å². The molecular formula is C12H11NO4. The summed E-state index contributed by atoms with van der Waals surface area (Å²) in [6.45, 7) is 0. The van der Waals surface area contributed by atoms with Gasteiger partial charge in [0.25, 0.3) is 5.69 Å². The summed E-state index contributed by atoms with van der Waals surface area (Å²) in [5.41, 5.74) is 0.851. The van der Waals surface area contributed by atoms with Crippen molar-refractivity contribution in [3.63, 3.8) is 0 Å². The summed E-state index contributed by atoms with van der Waals surface area (Å²) in [5.74, 6) is -0.0594. The molecule has 0 saturated carbocycles. The Morgan fingerprint density at radius 3 is 2.41 bits per heavy atom. The lowest BCUT2D eigenvalue weighted by atomic mass is 10.0. The zero-order valence-corrected chi connectivity index (χ0v) is 9.00. The molecule has 0 bridgehead atoms. The molecule has 0 fully saturated rings. The van der Waals surface area contributed by atoms with Gasteiger partial charge in [-0.05, 0) is 24.1 Å². The van der Waals surface area contributed by atoms with E-state index in [9.17, 15) is 20.0 Å². The Morgan fingerprint density at radius 1 is 1.29 bits per heavy atom. The third-order valence-corrected chi connectivity index (χ3v) is 2.77. The molecule has 0 radical (unpaired) electrons. The largest absolute Gasteiger partial charge is 0.384 e. The number of aliphatic hydroxyl groups is 1. The molecule has 1 aliphatic rings. The monoisotopic (exact) mass is 233 g/mol. The standard InChI is InChI=1S/C12H11NO4/c14-11-3-1-2-10(11)12(15)8-4-6-9(7-5-8)13(16)17/h2,4-7,12,15H,1,3H2. The topological polar surface area (TPSA) is 80.4 Å². The Bertz CT molecular complexity index is 490. The molecule has 0 heterocycles. The van der Waals surface area contributed by atoms with Gasteiger partial charge in [-0.25, -0.2) is 0 Å². The maximum atomic E-state index is 11.4. The normalized spacial score (nSPS) is 16.8. The molecule has 0 spiro atoms. The Morgan fingerprint density at radius 2 is 1.94 bits per heavy atom. The average molecular weight is 233 g/mol. The van der Waals surface area contributed by atoms with E-state index >= 15 is 0 Å². The van der Waals surface area contributed by atoms with Gasteiger partial charge in [-0.2, -0.15) is 0 Å². The van der Waals surface area contributed by atoms with Gasteiger partial charge in [0, 0.05) is 24.1 Å². The fourth-order valence-electron chi connectivity index (χ4n) is 1.84. The number of ketones is 1. The minimum Gasteiger partial charge on any atom is -0.384 e. The van der Waals surface area contributed by atoms with Crippen LogP contribution in [0.1, 0.15) is 24.5 Å². The van der Waals surface area contributed by atoms with Crippen molar-refractivity contribution in [2.45, 2.75) is 18.9 Å². The van der Waals surface area contributed by atoms with E-state index in [1.807, 2.05) is 0 Å². The number of nitro groups is 1. The number of rotatable bonds is 3. The zero-order chi connectivity index (χ0) is 12.4. The third-order valence-electron chi connectivity index (χ3n) is 2.77. The first-order valence-electron chi connectivity index (χ1n) is 5.25. The Labute approximate surface area is 97.5 Å². The van der Waals surface area contributed by atoms with Crippen molar-refractivity contribution in [2.75, 3.05) is 0 Å². The zero-order valence-electron chi connectivity index (χ0n) is 9.00. The minimum absolute atomic E-state index is 0.0346. The SMILES string of the molecule is O=C1CCC=C1C(O)c1ccc([N+](=O)[O-])cc1. The predicted molar refractivity (Wildman–Crippen MR) is 60.4 cm³/mol. The summed E-state index contributed by atoms with van der Waals surface area (Å²) >= 11 is 0. The highest BCUT2D eigenvalue weighted by atomic mass is 16.6. The smallest absolute Gasteiger partial charge is 0.269 e. The lowest BCUT2D eigenvalue weighted by molar-refractivity contribution is -0.384. The molecule has 5 heteroatoms. The summed E-state index contributed by atoms with van der Waals surface area (Å²) in [6, 6.07) is 5.57. The highest BCUT2D eigenvalue weighted by molar-refractivity contribution is 5.98. The second-order valence-electron chi connectivity index (χ2n) is 3.87. The van der Waals surface area contributed by atoms with Gasteiger partial charge in [-0.3, -0.25) is 14.9 Å². The van der Waals surface area contributed by atoms with Crippen LogP contribution in [0, 0.1) is 10.1 Å². The second-order valence-corrected chi connectivity index (χ2v) is 3.87. The number of hydrogen-bond donors (Lipinski definition) is 1. The summed E-state index contributed by atoms with van der Waals surface area (Å²) in [4.78, 5) is 21.4. The van der Waals surface area contributed by atoms with Crippen LogP contribution in [0.2, 0.25) is 0 Å². The third kappa shape index (κ3) is 2.24. The maximum absolute atomic E-state index is 11.4. The molecule has 88 valence electrons. The number of allylic oxidation sites excluding steroid dienone is 1. The van der Waals surface area contributed by atoms with Gasteiger partial charge in [-0.1, -0.05) is 6.08 Å². The molecule has 1 atom stereocenters. The first-order valence-corrected chi connectivity index (χ1v) is 5.25. The summed E-state index contributed by atoms with van der Waals surface area (Å²) in [7, 11) is 0. The van der Waals surface area contributed by atoms with Crippen LogP contribution in [0.15, 0.2) is 35.9 Å². The van der Waals surface area contributed by atoms with Gasteiger partial charge >= 0.3 is 0 Å². The average Bonchev–Trinajstić information content (AvgIpc) is 2.74. The number of aliphatic hydroxyl groups excluding tert-OH is 1. The lowest BCUT2D eigenvalue weighted by Crippen LogP contribution is -2.07. The number of carbonyl (C=O) groups is 1. The van der Waals surface area contributed by atoms with Gasteiger partial charge in [-0.15, -0.1) is 0 Å². The van der Waals surface area contributed by atoms with Gasteiger partial charge < -0.3 is 5.11 Å². The number of nitrogens with zero attached hydrogens (tertiary/aromatic N) is 1. The van der Waals surface area contributed by atoms with E-state index in [4.69, 9.17) is 0 Å². The van der Waals surface area contributed by atoms with Crippen molar-refractivity contribution >= 4 is 11.5 Å². The quantitative estimate of drug-likeness (QED) is 0.638. The summed E-state index contributed by atoms with van der Waals surface area (Å²) in [6.07, 6.45) is 1.82. The van der Waals surface area contributed by atoms with Crippen LogP contribution in [-0.4, -0.2) is 15.8 Å². The van der Waals surface area contributed by atoms with Crippen LogP contribution in [0.4, 0.5) is 5.69 Å². The van der Waals surface area contributed by atoms with Gasteiger partial charge in [0.1, 0.15) is 6.10 Å². The Balaban J connectivity index is 2.23. The van der Waals surface area contributed by atoms with E-state index in [2.05, 4.69) is 0 Å². The van der Waals surface area contributed by atoms with Crippen molar-refractivity contribution in [2.24, 2.45) is 0 Å². The summed E-state index contributed by atoms with van der Waals surface area (Å²) in [5, 5.41) is 20.4. The van der Waals surface area contributed by atoms with E-state index in [0.29, 0.717) is 24.0 Å². The van der Waals surface area contributed by atoms with Crippen LogP contribution in [-0.2, 0) is 4.79 Å². The van der Waals surface area contributed by atoms with Crippen molar-refractivity contribution in [1.82, 2.24) is 0 Å². The molecule has 0 aromatic heterocycles. The minimum atomic E-state index is -0.981. The summed E-state index contributed by atoms with van der Waals surface area (Å²) < 4.78 is 0. The van der Waals surface area contributed by atoms with Crippen LogP contribution in [0.25, 0.3) is 0 Å². The van der Waals surface area contributed by atoms with Crippen molar-refractivity contribution in [3.8, 4) is 0 Å². The maximum Gasteiger partial charge on any atom is 0.269 e. The Kier molecular flexibility index (Phi) is 3.01. The fourth-order valence-corrected chi connectivity index (χ4v) is 1.84. The molecule has 0 aliphatic heterocycles. The molecule has 1 aromatic carbocycles. The van der Waals surface area contributed by atoms with Gasteiger partial charge in [0.2, 0.25) is 0 Å². The first kappa shape index (κ1) is 11.5. The van der Waals surface area contributed by atoms with E-state index in [1.165, 1.54) is 24.3 Å². The number of nitro benzene ring substituents is 1. The highest BCUT2D eigenvalue weighted by Gasteiger charge is 2.23. The molecule has 0 amide bonds. The number of hydrogen-bond acceptors (Lipinski definition) is 4. The van der Waals surface area contributed by atoms with E-state index in [1.54, 1.807) is 6.08 Å². The van der Waals surface area contributed by atoms with Crippen LogP contribution < -0.4 is 0 Å². The highest BCUT2D eigenvalue weighted by Crippen LogP contribution is 2.28. The molecule has 17 heavy (non-hydrogen) atoms. The Hall–Kier alpha value is -2.01. The second kappa shape index (κ2) is 4.47. The molecule has 2 rings (SSSR count). The molecular weight excluding hydrogens is 222 g/mol. The number of Topliss-reactive ketones (excluding diaryl/α,β-unsaturated/α-hetero) is 1. The van der Waals surface area contributed by atoms with E-state index in [0.717, 1.165) is 0 Å². The van der Waals surface area contributed by atoms with Gasteiger partial charge in [0.05, 0.1) is 4.92 Å².